The van der Waals surface area contributed by atoms with Gasteiger partial charge in [-0.3, -0.25) is 4.79 Å². The molecule has 0 heterocycles. The van der Waals surface area contributed by atoms with Gasteiger partial charge in [-0.2, -0.15) is 0 Å². The van der Waals surface area contributed by atoms with E-state index < -0.39 is 51.9 Å². The zero-order valence-electron chi connectivity index (χ0n) is 9.48. The van der Waals surface area contributed by atoms with Crippen LogP contribution in [0.2, 0.25) is 0 Å². The van der Waals surface area contributed by atoms with Crippen molar-refractivity contribution in [1.29, 1.82) is 0 Å². The molecule has 1 rings (SSSR count). The van der Waals surface area contributed by atoms with E-state index in [0.717, 1.165) is 0 Å². The first-order valence-electron chi connectivity index (χ1n) is 4.83. The predicted molar refractivity (Wildman–Crippen MR) is 59.3 cm³/mol. The average molecular weight is 282 g/mol. The Kier molecular flexibility index (Phi) is 3.84. The highest BCUT2D eigenvalue weighted by atomic mass is 16.4. The molecule has 104 valence electrons. The summed E-state index contributed by atoms with van der Waals surface area (Å²) in [5.41, 5.74) is -4.11. The molecule has 1 aromatic rings. The first kappa shape index (κ1) is 14.8. The van der Waals surface area contributed by atoms with Crippen LogP contribution in [0, 0.1) is 0 Å². The van der Waals surface area contributed by atoms with Crippen LogP contribution in [0.1, 0.15) is 41.4 Å². The Morgan fingerprint density at radius 2 is 1.05 bits per heavy atom. The van der Waals surface area contributed by atoms with Gasteiger partial charge in [-0.1, -0.05) is 0 Å². The summed E-state index contributed by atoms with van der Waals surface area (Å²) in [5, 5.41) is 35.2. The molecular weight excluding hydrogens is 276 g/mol. The molecule has 0 saturated heterocycles. The third-order valence-corrected chi connectivity index (χ3v) is 2.30. The van der Waals surface area contributed by atoms with Crippen molar-refractivity contribution in [2.45, 2.75) is 0 Å². The van der Waals surface area contributed by atoms with Crippen molar-refractivity contribution in [3.8, 4) is 0 Å². The molecule has 0 saturated carbocycles. The number of aliphatic carboxylic acids is 1. The summed E-state index contributed by atoms with van der Waals surface area (Å²) < 4.78 is 0. The van der Waals surface area contributed by atoms with E-state index in [2.05, 4.69) is 0 Å². The fourth-order valence-corrected chi connectivity index (χ4v) is 1.53. The third kappa shape index (κ3) is 2.46. The Hall–Kier alpha value is -3.23. The van der Waals surface area contributed by atoms with E-state index in [1.165, 1.54) is 0 Å². The minimum absolute atomic E-state index is 0.649. The lowest BCUT2D eigenvalue weighted by Crippen LogP contribution is -2.22. The number of carboxylic acids is 4. The lowest BCUT2D eigenvalue weighted by atomic mass is 9.93. The number of carbonyl (C=O) groups is 5. The second-order valence-corrected chi connectivity index (χ2v) is 3.46. The van der Waals surface area contributed by atoms with Crippen molar-refractivity contribution in [1.82, 2.24) is 0 Å². The van der Waals surface area contributed by atoms with Crippen LogP contribution < -0.4 is 0 Å². The molecule has 0 aliphatic carbocycles. The number of benzene rings is 1. The van der Waals surface area contributed by atoms with E-state index in [9.17, 15) is 24.0 Å². The van der Waals surface area contributed by atoms with Gasteiger partial charge in [0.25, 0.3) is 5.78 Å². The largest absolute Gasteiger partial charge is 0.478 e. The van der Waals surface area contributed by atoms with Gasteiger partial charge >= 0.3 is 23.9 Å². The molecule has 0 aliphatic heterocycles. The zero-order valence-corrected chi connectivity index (χ0v) is 9.48. The van der Waals surface area contributed by atoms with Gasteiger partial charge < -0.3 is 20.4 Å². The predicted octanol–water partition coefficient (Wildman–Crippen LogP) is 0.0485. The fourth-order valence-electron chi connectivity index (χ4n) is 1.53. The van der Waals surface area contributed by atoms with Gasteiger partial charge in [0.2, 0.25) is 0 Å². The van der Waals surface area contributed by atoms with Gasteiger partial charge in [0, 0.05) is 5.56 Å². The molecule has 4 N–H and O–H groups in total. The second-order valence-electron chi connectivity index (χ2n) is 3.46. The van der Waals surface area contributed by atoms with E-state index in [4.69, 9.17) is 20.4 Å². The standard InChI is InChI=1S/C11H6O9/c12-7(11(19)20)3-1-2-4(8(13)14)6(10(17)18)5(3)9(15)16/h1-2H,(H,13,14)(H,15,16)(H,17,18)(H,19,20). The van der Waals surface area contributed by atoms with Crippen LogP contribution in [0.3, 0.4) is 0 Å². The summed E-state index contributed by atoms with van der Waals surface area (Å²) in [6.45, 7) is 0. The lowest BCUT2D eigenvalue weighted by molar-refractivity contribution is -0.131. The highest BCUT2D eigenvalue weighted by Gasteiger charge is 2.31. The molecule has 0 unspecified atom stereocenters. The van der Waals surface area contributed by atoms with E-state index in [1.54, 1.807) is 0 Å². The molecule has 0 fully saturated rings. The first-order valence-corrected chi connectivity index (χ1v) is 4.83. The molecule has 0 amide bonds. The zero-order chi connectivity index (χ0) is 15.6. The Bertz CT molecular complexity index is 656. The van der Waals surface area contributed by atoms with Crippen LogP contribution >= 0.6 is 0 Å². The second kappa shape index (κ2) is 5.18. The average Bonchev–Trinajstić information content (AvgIpc) is 2.35. The van der Waals surface area contributed by atoms with Crippen molar-refractivity contribution in [2.24, 2.45) is 0 Å². The van der Waals surface area contributed by atoms with Gasteiger partial charge in [0.1, 0.15) is 0 Å². The Morgan fingerprint density at radius 3 is 1.40 bits per heavy atom. The van der Waals surface area contributed by atoms with Crippen LogP contribution in [0.25, 0.3) is 0 Å². The summed E-state index contributed by atoms with van der Waals surface area (Å²) in [6.07, 6.45) is 0. The summed E-state index contributed by atoms with van der Waals surface area (Å²) in [6, 6.07) is 1.31. The highest BCUT2D eigenvalue weighted by molar-refractivity contribution is 6.41. The number of carboxylic acid groups (broad SMARTS) is 4. The van der Waals surface area contributed by atoms with Gasteiger partial charge in [0.15, 0.2) is 0 Å². The van der Waals surface area contributed by atoms with Crippen LogP contribution in [0.4, 0.5) is 0 Å². The molecule has 0 bridgehead atoms. The maximum Gasteiger partial charge on any atom is 0.377 e. The summed E-state index contributed by atoms with van der Waals surface area (Å²) in [7, 11) is 0. The highest BCUT2D eigenvalue weighted by Crippen LogP contribution is 2.21. The van der Waals surface area contributed by atoms with Crippen LogP contribution in [-0.2, 0) is 4.79 Å². The smallest absolute Gasteiger partial charge is 0.377 e. The van der Waals surface area contributed by atoms with Crippen LogP contribution in [0.15, 0.2) is 12.1 Å². The summed E-state index contributed by atoms with van der Waals surface area (Å²) in [5.74, 6) is -9.19. The number of rotatable bonds is 5. The minimum atomic E-state index is -1.99. The topological polar surface area (TPSA) is 166 Å². The molecule has 9 heteroatoms. The first-order chi connectivity index (χ1) is 9.18. The van der Waals surface area contributed by atoms with E-state index in [0.29, 0.717) is 12.1 Å². The number of hydrogen-bond donors (Lipinski definition) is 4. The molecule has 9 nitrogen and oxygen atoms in total. The molecule has 20 heavy (non-hydrogen) atoms. The van der Waals surface area contributed by atoms with Gasteiger partial charge in [-0.25, -0.2) is 19.2 Å². The van der Waals surface area contributed by atoms with E-state index in [1.807, 2.05) is 0 Å². The lowest BCUT2D eigenvalue weighted by Gasteiger charge is -2.09. The quantitative estimate of drug-likeness (QED) is 0.430. The molecule has 0 radical (unpaired) electrons. The Labute approximate surface area is 109 Å². The maximum atomic E-state index is 11.3. The summed E-state index contributed by atoms with van der Waals surface area (Å²) in [4.78, 5) is 54.8. The van der Waals surface area contributed by atoms with E-state index >= 15 is 0 Å². The Balaban J connectivity index is 3.83. The van der Waals surface area contributed by atoms with Gasteiger partial charge in [-0.15, -0.1) is 0 Å². The monoisotopic (exact) mass is 282 g/mol. The summed E-state index contributed by atoms with van der Waals surface area (Å²) >= 11 is 0. The Morgan fingerprint density at radius 1 is 0.650 bits per heavy atom. The van der Waals surface area contributed by atoms with Crippen LogP contribution in [0.5, 0.6) is 0 Å². The maximum absolute atomic E-state index is 11.3. The molecule has 0 aromatic heterocycles. The number of Topliss-reactive ketones (excluding diaryl/α,β-unsaturated/α-hetero) is 1. The minimum Gasteiger partial charge on any atom is -0.478 e. The molecule has 0 aliphatic rings. The van der Waals surface area contributed by atoms with Crippen molar-refractivity contribution in [2.75, 3.05) is 0 Å². The number of aromatic carboxylic acids is 3. The number of carbonyl (C=O) groups excluding carboxylic acids is 1. The normalized spacial score (nSPS) is 9.80. The fraction of sp³-hybridized carbons (Fsp3) is 0. The molecular formula is C11H6O9. The van der Waals surface area contributed by atoms with Crippen molar-refractivity contribution >= 4 is 29.7 Å². The third-order valence-electron chi connectivity index (χ3n) is 2.30. The van der Waals surface area contributed by atoms with Crippen molar-refractivity contribution in [3.63, 3.8) is 0 Å². The number of hydrogen-bond acceptors (Lipinski definition) is 5. The van der Waals surface area contributed by atoms with E-state index in [-0.39, 0.29) is 0 Å². The van der Waals surface area contributed by atoms with Crippen LogP contribution in [-0.4, -0.2) is 50.1 Å². The van der Waals surface area contributed by atoms with Crippen molar-refractivity contribution in [3.05, 3.63) is 34.4 Å². The SMILES string of the molecule is O=C(O)C(=O)c1ccc(C(=O)O)c(C(=O)O)c1C(=O)O. The molecule has 1 aromatic carbocycles. The number of ketones is 1. The molecule has 0 spiro atoms. The van der Waals surface area contributed by atoms with Gasteiger partial charge in [-0.05, 0) is 12.1 Å². The van der Waals surface area contributed by atoms with Crippen molar-refractivity contribution < 1.29 is 44.4 Å². The van der Waals surface area contributed by atoms with Gasteiger partial charge in [0.05, 0.1) is 16.7 Å². The molecule has 0 atom stereocenters.